The summed E-state index contributed by atoms with van der Waals surface area (Å²) in [4.78, 5) is 16.1. The number of carbonyl (C=O) groups is 1. The Bertz CT molecular complexity index is 423. The van der Waals surface area contributed by atoms with Crippen LogP contribution in [0.2, 0.25) is 0 Å². The number of hydrogen-bond donors (Lipinski definition) is 0. The number of ether oxygens (including phenoxy) is 1. The van der Waals surface area contributed by atoms with Crippen LogP contribution >= 0.6 is 0 Å². The first-order valence-corrected chi connectivity index (χ1v) is 7.38. The molecular weight excluding hydrogens is 252 g/mol. The molecule has 1 saturated heterocycles. The predicted octanol–water partition coefficient (Wildman–Crippen LogP) is 2.07. The Morgan fingerprint density at radius 2 is 1.80 bits per heavy atom. The monoisotopic (exact) mass is 276 g/mol. The fourth-order valence-corrected chi connectivity index (χ4v) is 2.47. The van der Waals surface area contributed by atoms with E-state index >= 15 is 0 Å². The second-order valence-electron chi connectivity index (χ2n) is 5.22. The quantitative estimate of drug-likeness (QED) is 0.771. The van der Waals surface area contributed by atoms with Crippen molar-refractivity contribution < 1.29 is 9.53 Å². The average Bonchev–Trinajstić information content (AvgIpc) is 2.47. The molecule has 0 amide bonds. The molecule has 0 bridgehead atoms. The number of carbonyl (C=O) groups excluding carboxylic acids is 1. The summed E-state index contributed by atoms with van der Waals surface area (Å²) in [6, 6.07) is 8.68. The fraction of sp³-hybridized carbons (Fsp3) is 0.562. The van der Waals surface area contributed by atoms with Crippen LogP contribution in [0, 0.1) is 6.92 Å². The lowest BCUT2D eigenvalue weighted by Crippen LogP contribution is -2.47. The lowest BCUT2D eigenvalue weighted by atomic mass is 10.2. The lowest BCUT2D eigenvalue weighted by Gasteiger charge is -2.36. The molecule has 0 spiro atoms. The van der Waals surface area contributed by atoms with E-state index in [2.05, 4.69) is 41.0 Å². The van der Waals surface area contributed by atoms with Crippen molar-refractivity contribution in [2.24, 2.45) is 0 Å². The minimum absolute atomic E-state index is 0.0894. The Hall–Kier alpha value is -1.55. The molecule has 0 radical (unpaired) electrons. The van der Waals surface area contributed by atoms with Gasteiger partial charge in [0, 0.05) is 38.4 Å². The molecule has 20 heavy (non-hydrogen) atoms. The highest BCUT2D eigenvalue weighted by Gasteiger charge is 2.17. The van der Waals surface area contributed by atoms with E-state index in [4.69, 9.17) is 4.74 Å². The number of hydrogen-bond acceptors (Lipinski definition) is 4. The van der Waals surface area contributed by atoms with Gasteiger partial charge >= 0.3 is 5.97 Å². The maximum atomic E-state index is 11.3. The molecule has 0 aromatic heterocycles. The molecule has 4 nitrogen and oxygen atoms in total. The van der Waals surface area contributed by atoms with Crippen LogP contribution in [0.5, 0.6) is 0 Å². The largest absolute Gasteiger partial charge is 0.466 e. The summed E-state index contributed by atoms with van der Waals surface area (Å²) in [6.45, 7) is 9.29. The molecule has 4 heteroatoms. The summed E-state index contributed by atoms with van der Waals surface area (Å²) in [7, 11) is 0. The van der Waals surface area contributed by atoms with Gasteiger partial charge in [-0.3, -0.25) is 9.69 Å². The topological polar surface area (TPSA) is 32.8 Å². The molecule has 0 N–H and O–H groups in total. The Balaban J connectivity index is 1.75. The van der Waals surface area contributed by atoms with Gasteiger partial charge in [-0.2, -0.15) is 0 Å². The van der Waals surface area contributed by atoms with Gasteiger partial charge in [0.1, 0.15) is 0 Å². The van der Waals surface area contributed by atoms with E-state index in [1.54, 1.807) is 0 Å². The van der Waals surface area contributed by atoms with Gasteiger partial charge in [-0.1, -0.05) is 17.7 Å². The molecule has 0 atom stereocenters. The molecule has 1 aliphatic rings. The number of piperazine rings is 1. The van der Waals surface area contributed by atoms with Gasteiger partial charge in [-0.05, 0) is 26.0 Å². The number of nitrogens with zero attached hydrogens (tertiary/aromatic N) is 2. The van der Waals surface area contributed by atoms with Gasteiger partial charge in [0.25, 0.3) is 0 Å². The summed E-state index contributed by atoms with van der Waals surface area (Å²) in [5, 5.41) is 0. The molecule has 1 heterocycles. The van der Waals surface area contributed by atoms with E-state index in [-0.39, 0.29) is 5.97 Å². The first-order chi connectivity index (χ1) is 9.69. The third-order valence-electron chi connectivity index (χ3n) is 3.71. The molecule has 0 aliphatic carbocycles. The smallest absolute Gasteiger partial charge is 0.307 e. The van der Waals surface area contributed by atoms with Crippen molar-refractivity contribution in [3.05, 3.63) is 29.8 Å². The molecule has 1 fully saturated rings. The Labute approximate surface area is 121 Å². The molecule has 0 unspecified atom stereocenters. The number of aryl methyl sites for hydroxylation is 1. The fourth-order valence-electron chi connectivity index (χ4n) is 2.47. The van der Waals surface area contributed by atoms with Crippen molar-refractivity contribution in [3.8, 4) is 0 Å². The third-order valence-corrected chi connectivity index (χ3v) is 3.71. The second-order valence-corrected chi connectivity index (χ2v) is 5.22. The Kier molecular flexibility index (Phi) is 5.41. The van der Waals surface area contributed by atoms with E-state index in [1.807, 2.05) is 6.92 Å². The van der Waals surface area contributed by atoms with Crippen molar-refractivity contribution in [2.45, 2.75) is 20.3 Å². The first-order valence-electron chi connectivity index (χ1n) is 7.38. The van der Waals surface area contributed by atoms with E-state index in [0.29, 0.717) is 13.0 Å². The van der Waals surface area contributed by atoms with Gasteiger partial charge < -0.3 is 9.64 Å². The van der Waals surface area contributed by atoms with Gasteiger partial charge in [0.15, 0.2) is 0 Å². The van der Waals surface area contributed by atoms with Gasteiger partial charge in [0.2, 0.25) is 0 Å². The number of esters is 1. The normalized spacial score (nSPS) is 16.2. The summed E-state index contributed by atoms with van der Waals surface area (Å²) in [5.41, 5.74) is 2.59. The van der Waals surface area contributed by atoms with Gasteiger partial charge in [0.05, 0.1) is 13.0 Å². The lowest BCUT2D eigenvalue weighted by molar-refractivity contribution is -0.143. The van der Waals surface area contributed by atoms with E-state index in [9.17, 15) is 4.79 Å². The number of rotatable bonds is 5. The van der Waals surface area contributed by atoms with Crippen LogP contribution in [-0.2, 0) is 9.53 Å². The van der Waals surface area contributed by atoms with Crippen molar-refractivity contribution >= 4 is 11.7 Å². The zero-order valence-electron chi connectivity index (χ0n) is 12.5. The van der Waals surface area contributed by atoms with Crippen LogP contribution in [0.15, 0.2) is 24.3 Å². The SMILES string of the molecule is CCOC(=O)CCN1CCN(c2ccc(C)cc2)CC1. The van der Waals surface area contributed by atoms with E-state index in [0.717, 1.165) is 32.7 Å². The minimum Gasteiger partial charge on any atom is -0.466 e. The molecule has 1 aliphatic heterocycles. The molecular formula is C16H24N2O2. The molecule has 2 rings (SSSR count). The maximum absolute atomic E-state index is 11.3. The van der Waals surface area contributed by atoms with Crippen LogP contribution in [0.3, 0.4) is 0 Å². The molecule has 1 aromatic carbocycles. The third kappa shape index (κ3) is 4.23. The summed E-state index contributed by atoms with van der Waals surface area (Å²) < 4.78 is 4.96. The standard InChI is InChI=1S/C16H24N2O2/c1-3-20-16(19)8-9-17-10-12-18(13-11-17)15-6-4-14(2)5-7-15/h4-7H,3,8-13H2,1-2H3. The number of anilines is 1. The van der Waals surface area contributed by atoms with Gasteiger partial charge in [-0.15, -0.1) is 0 Å². The zero-order chi connectivity index (χ0) is 14.4. The highest BCUT2D eigenvalue weighted by molar-refractivity contribution is 5.69. The van der Waals surface area contributed by atoms with Crippen LogP contribution in [0.1, 0.15) is 18.9 Å². The maximum Gasteiger partial charge on any atom is 0.307 e. The zero-order valence-corrected chi connectivity index (χ0v) is 12.5. The summed E-state index contributed by atoms with van der Waals surface area (Å²) in [5.74, 6) is -0.0894. The Morgan fingerprint density at radius 1 is 1.15 bits per heavy atom. The highest BCUT2D eigenvalue weighted by atomic mass is 16.5. The van der Waals surface area contributed by atoms with Crippen molar-refractivity contribution in [2.75, 3.05) is 44.2 Å². The Morgan fingerprint density at radius 3 is 2.40 bits per heavy atom. The van der Waals surface area contributed by atoms with Crippen LogP contribution in [-0.4, -0.2) is 50.2 Å². The van der Waals surface area contributed by atoms with E-state index < -0.39 is 0 Å². The average molecular weight is 276 g/mol. The van der Waals surface area contributed by atoms with Crippen LogP contribution < -0.4 is 4.90 Å². The van der Waals surface area contributed by atoms with Gasteiger partial charge in [-0.25, -0.2) is 0 Å². The highest BCUT2D eigenvalue weighted by Crippen LogP contribution is 2.17. The second kappa shape index (κ2) is 7.29. The van der Waals surface area contributed by atoms with Crippen molar-refractivity contribution in [1.29, 1.82) is 0 Å². The minimum atomic E-state index is -0.0894. The predicted molar refractivity (Wildman–Crippen MR) is 81.1 cm³/mol. The summed E-state index contributed by atoms with van der Waals surface area (Å²) >= 11 is 0. The van der Waals surface area contributed by atoms with Crippen molar-refractivity contribution in [1.82, 2.24) is 4.90 Å². The number of benzene rings is 1. The first kappa shape index (κ1) is 14.9. The molecule has 1 aromatic rings. The summed E-state index contributed by atoms with van der Waals surface area (Å²) in [6.07, 6.45) is 0.498. The molecule has 0 saturated carbocycles. The van der Waals surface area contributed by atoms with Crippen LogP contribution in [0.25, 0.3) is 0 Å². The van der Waals surface area contributed by atoms with Crippen LogP contribution in [0.4, 0.5) is 5.69 Å². The molecule has 110 valence electrons. The van der Waals surface area contributed by atoms with E-state index in [1.165, 1.54) is 11.3 Å². The van der Waals surface area contributed by atoms with Crippen molar-refractivity contribution in [3.63, 3.8) is 0 Å².